The van der Waals surface area contributed by atoms with Gasteiger partial charge < -0.3 is 10.2 Å². The molecule has 5 nitrogen and oxygen atoms in total. The maximum atomic E-state index is 13.1. The highest BCUT2D eigenvalue weighted by atomic mass is 19.4. The van der Waals surface area contributed by atoms with Crippen LogP contribution >= 0.6 is 0 Å². The molecule has 1 heterocycles. The van der Waals surface area contributed by atoms with Gasteiger partial charge in [0.1, 0.15) is 5.69 Å². The van der Waals surface area contributed by atoms with Gasteiger partial charge in [0, 0.05) is 24.5 Å². The number of para-hydroxylation sites is 2. The molecule has 148 valence electrons. The first kappa shape index (κ1) is 20.1. The van der Waals surface area contributed by atoms with Crippen LogP contribution < -0.4 is 10.2 Å². The number of hydrogen-bond acceptors (Lipinski definition) is 3. The van der Waals surface area contributed by atoms with Crippen molar-refractivity contribution in [3.63, 3.8) is 0 Å². The molecule has 0 aliphatic carbocycles. The standard InChI is InChI=1S/C21H16F3N3O2/c1-27(15-7-3-2-4-8-15)20(29)18-13-14(11-12-25-18)19(28)26-17-10-6-5-9-16(17)21(22,23)24/h2-13H,1H3,(H,26,28). The first-order valence-corrected chi connectivity index (χ1v) is 8.54. The molecule has 8 heteroatoms. The highest BCUT2D eigenvalue weighted by molar-refractivity contribution is 6.08. The second kappa shape index (κ2) is 8.14. The summed E-state index contributed by atoms with van der Waals surface area (Å²) in [5.41, 5.74) is -0.679. The van der Waals surface area contributed by atoms with Gasteiger partial charge in [0.05, 0.1) is 11.3 Å². The molecule has 2 aromatic carbocycles. The lowest BCUT2D eigenvalue weighted by Crippen LogP contribution is -2.27. The lowest BCUT2D eigenvalue weighted by Gasteiger charge is -2.17. The molecule has 0 fully saturated rings. The van der Waals surface area contributed by atoms with Crippen LogP contribution in [0.4, 0.5) is 24.5 Å². The van der Waals surface area contributed by atoms with Crippen LogP contribution in [-0.2, 0) is 6.18 Å². The predicted molar refractivity (Wildman–Crippen MR) is 103 cm³/mol. The molecule has 0 spiro atoms. The Morgan fingerprint density at radius 2 is 1.62 bits per heavy atom. The van der Waals surface area contributed by atoms with Crippen molar-refractivity contribution in [3.05, 3.63) is 89.7 Å². The quantitative estimate of drug-likeness (QED) is 0.696. The molecule has 0 atom stereocenters. The normalized spacial score (nSPS) is 11.0. The summed E-state index contributed by atoms with van der Waals surface area (Å²) in [7, 11) is 1.56. The summed E-state index contributed by atoms with van der Waals surface area (Å²) in [5, 5.41) is 2.25. The monoisotopic (exact) mass is 399 g/mol. The summed E-state index contributed by atoms with van der Waals surface area (Å²) in [5.74, 6) is -1.23. The smallest absolute Gasteiger partial charge is 0.321 e. The van der Waals surface area contributed by atoms with E-state index in [-0.39, 0.29) is 16.9 Å². The largest absolute Gasteiger partial charge is 0.418 e. The Kier molecular flexibility index (Phi) is 5.63. The van der Waals surface area contributed by atoms with Crippen LogP contribution in [0.15, 0.2) is 72.9 Å². The third kappa shape index (κ3) is 4.60. The van der Waals surface area contributed by atoms with Gasteiger partial charge in [-0.05, 0) is 36.4 Å². The van der Waals surface area contributed by atoms with E-state index in [0.29, 0.717) is 5.69 Å². The minimum atomic E-state index is -4.61. The number of anilines is 2. The second-order valence-corrected chi connectivity index (χ2v) is 6.13. The average Bonchev–Trinajstić information content (AvgIpc) is 2.73. The first-order chi connectivity index (χ1) is 13.8. The van der Waals surface area contributed by atoms with Crippen LogP contribution in [0.3, 0.4) is 0 Å². The van der Waals surface area contributed by atoms with Crippen LogP contribution in [0.5, 0.6) is 0 Å². The second-order valence-electron chi connectivity index (χ2n) is 6.13. The van der Waals surface area contributed by atoms with Crippen molar-refractivity contribution < 1.29 is 22.8 Å². The number of benzene rings is 2. The van der Waals surface area contributed by atoms with Crippen molar-refractivity contribution in [2.24, 2.45) is 0 Å². The van der Waals surface area contributed by atoms with E-state index in [0.717, 1.165) is 12.1 Å². The van der Waals surface area contributed by atoms with Crippen LogP contribution in [0, 0.1) is 0 Å². The fourth-order valence-electron chi connectivity index (χ4n) is 2.66. The number of nitrogens with one attached hydrogen (secondary N) is 1. The zero-order valence-corrected chi connectivity index (χ0v) is 15.3. The van der Waals surface area contributed by atoms with E-state index in [1.54, 1.807) is 31.3 Å². The average molecular weight is 399 g/mol. The molecule has 1 N–H and O–H groups in total. The molecule has 0 saturated heterocycles. The van der Waals surface area contributed by atoms with Crippen molar-refractivity contribution in [3.8, 4) is 0 Å². The highest BCUT2D eigenvalue weighted by Crippen LogP contribution is 2.34. The molecule has 0 aliphatic heterocycles. The van der Waals surface area contributed by atoms with Crippen LogP contribution in [0.25, 0.3) is 0 Å². The zero-order valence-electron chi connectivity index (χ0n) is 15.3. The van der Waals surface area contributed by atoms with Gasteiger partial charge in [-0.2, -0.15) is 13.2 Å². The number of rotatable bonds is 4. The number of pyridine rings is 1. The number of hydrogen-bond donors (Lipinski definition) is 1. The summed E-state index contributed by atoms with van der Waals surface area (Å²) in [6.07, 6.45) is -3.35. The summed E-state index contributed by atoms with van der Waals surface area (Å²) < 4.78 is 39.3. The van der Waals surface area contributed by atoms with E-state index in [1.807, 2.05) is 6.07 Å². The third-order valence-electron chi connectivity index (χ3n) is 4.17. The van der Waals surface area contributed by atoms with Gasteiger partial charge in [0.15, 0.2) is 0 Å². The molecule has 2 amide bonds. The lowest BCUT2D eigenvalue weighted by molar-refractivity contribution is -0.136. The topological polar surface area (TPSA) is 62.3 Å². The first-order valence-electron chi connectivity index (χ1n) is 8.54. The van der Waals surface area contributed by atoms with Crippen LogP contribution in [0.1, 0.15) is 26.4 Å². The molecule has 0 aliphatic rings. The minimum absolute atomic E-state index is 0.00638. The molecule has 0 unspecified atom stereocenters. The summed E-state index contributed by atoms with van der Waals surface area (Å²) in [6, 6.07) is 16.1. The molecule has 0 saturated carbocycles. The maximum absolute atomic E-state index is 13.1. The molecule has 0 radical (unpaired) electrons. The van der Waals surface area contributed by atoms with Gasteiger partial charge in [-0.3, -0.25) is 14.6 Å². The van der Waals surface area contributed by atoms with Gasteiger partial charge in [-0.25, -0.2) is 0 Å². The number of halogens is 3. The van der Waals surface area contributed by atoms with Crippen LogP contribution in [-0.4, -0.2) is 23.8 Å². The third-order valence-corrected chi connectivity index (χ3v) is 4.17. The molecule has 1 aromatic heterocycles. The minimum Gasteiger partial charge on any atom is -0.321 e. The molecule has 0 bridgehead atoms. The summed E-state index contributed by atoms with van der Waals surface area (Å²) in [6.45, 7) is 0. The molecular weight excluding hydrogens is 383 g/mol. The Morgan fingerprint density at radius 3 is 2.31 bits per heavy atom. The number of carbonyl (C=O) groups is 2. The predicted octanol–water partition coefficient (Wildman–Crippen LogP) is 4.63. The van der Waals surface area contributed by atoms with E-state index < -0.39 is 23.6 Å². The number of alkyl halides is 3. The van der Waals surface area contributed by atoms with Gasteiger partial charge in [0.2, 0.25) is 0 Å². The number of nitrogens with zero attached hydrogens (tertiary/aromatic N) is 2. The van der Waals surface area contributed by atoms with Gasteiger partial charge in [0.25, 0.3) is 11.8 Å². The molecule has 3 aromatic rings. The van der Waals surface area contributed by atoms with E-state index >= 15 is 0 Å². The zero-order chi connectivity index (χ0) is 21.0. The van der Waals surface area contributed by atoms with E-state index in [4.69, 9.17) is 0 Å². The van der Waals surface area contributed by atoms with Gasteiger partial charge >= 0.3 is 6.18 Å². The van der Waals surface area contributed by atoms with Crippen molar-refractivity contribution in [1.29, 1.82) is 0 Å². The fourth-order valence-corrected chi connectivity index (χ4v) is 2.66. The Morgan fingerprint density at radius 1 is 0.966 bits per heavy atom. The van der Waals surface area contributed by atoms with E-state index in [9.17, 15) is 22.8 Å². The lowest BCUT2D eigenvalue weighted by atomic mass is 10.1. The van der Waals surface area contributed by atoms with Crippen molar-refractivity contribution in [2.45, 2.75) is 6.18 Å². The molecule has 3 rings (SSSR count). The van der Waals surface area contributed by atoms with Crippen molar-refractivity contribution >= 4 is 23.2 Å². The molecule has 29 heavy (non-hydrogen) atoms. The molecular formula is C21H16F3N3O2. The van der Waals surface area contributed by atoms with Gasteiger partial charge in [-0.15, -0.1) is 0 Å². The van der Waals surface area contributed by atoms with Crippen molar-refractivity contribution in [1.82, 2.24) is 4.98 Å². The number of carbonyl (C=O) groups excluding carboxylic acids is 2. The summed E-state index contributed by atoms with van der Waals surface area (Å²) in [4.78, 5) is 30.5. The Bertz CT molecular complexity index is 1040. The van der Waals surface area contributed by atoms with Crippen molar-refractivity contribution in [2.75, 3.05) is 17.3 Å². The Labute approximate surface area is 164 Å². The van der Waals surface area contributed by atoms with Gasteiger partial charge in [-0.1, -0.05) is 30.3 Å². The fraction of sp³-hybridized carbons (Fsp3) is 0.0952. The Balaban J connectivity index is 1.83. The number of amides is 2. The van der Waals surface area contributed by atoms with E-state index in [1.165, 1.54) is 35.4 Å². The Hall–Kier alpha value is -3.68. The highest BCUT2D eigenvalue weighted by Gasteiger charge is 2.33. The summed E-state index contributed by atoms with van der Waals surface area (Å²) >= 11 is 0. The maximum Gasteiger partial charge on any atom is 0.418 e. The SMILES string of the molecule is CN(C(=O)c1cc(C(=O)Nc2ccccc2C(F)(F)F)ccn1)c1ccccc1. The van der Waals surface area contributed by atoms with Crippen LogP contribution in [0.2, 0.25) is 0 Å². The number of aromatic nitrogens is 1. The van der Waals surface area contributed by atoms with E-state index in [2.05, 4.69) is 10.3 Å².